The highest BCUT2D eigenvalue weighted by Crippen LogP contribution is 2.25. The number of rotatable bonds is 2. The second-order valence-electron chi connectivity index (χ2n) is 3.91. The van der Waals surface area contributed by atoms with Crippen LogP contribution >= 0.6 is 0 Å². The minimum atomic E-state index is -0.139. The molecule has 1 aromatic rings. The van der Waals surface area contributed by atoms with Crippen LogP contribution in [0.5, 0.6) is 5.75 Å². The molecule has 0 bridgehead atoms. The Kier molecular flexibility index (Phi) is 2.99. The molecule has 1 aliphatic heterocycles. The van der Waals surface area contributed by atoms with Gasteiger partial charge in [-0.05, 0) is 30.7 Å². The molecule has 1 fully saturated rings. The number of aryl methyl sites for hydroxylation is 1. The number of nitrogens with zero attached hydrogens (tertiary/aromatic N) is 1. The fraction of sp³-hybridized carbons (Fsp3) is 0.333. The number of carbonyl (C=O) groups is 2. The van der Waals surface area contributed by atoms with Gasteiger partial charge in [0, 0.05) is 5.69 Å². The molecule has 0 atom stereocenters. The number of hydrogen-bond acceptors (Lipinski definition) is 3. The van der Waals surface area contributed by atoms with E-state index in [1.807, 2.05) is 13.0 Å². The summed E-state index contributed by atoms with van der Waals surface area (Å²) in [5, 5.41) is 2.52. The Hall–Kier alpha value is -2.04. The molecule has 90 valence electrons. The predicted molar refractivity (Wildman–Crippen MR) is 63.1 cm³/mol. The normalized spacial score (nSPS) is 15.8. The molecule has 0 radical (unpaired) electrons. The Morgan fingerprint density at radius 2 is 2.12 bits per heavy atom. The quantitative estimate of drug-likeness (QED) is 0.809. The highest BCUT2D eigenvalue weighted by Gasteiger charge is 2.25. The van der Waals surface area contributed by atoms with Crippen LogP contribution in [-0.4, -0.2) is 32.0 Å². The first-order valence-electron chi connectivity index (χ1n) is 5.33. The molecular weight excluding hydrogens is 220 g/mol. The number of carbonyl (C=O) groups excluding carboxylic acids is 2. The van der Waals surface area contributed by atoms with Gasteiger partial charge in [0.15, 0.2) is 0 Å². The number of ether oxygens (including phenoxy) is 1. The van der Waals surface area contributed by atoms with E-state index < -0.39 is 0 Å². The summed E-state index contributed by atoms with van der Waals surface area (Å²) in [5.74, 6) is 0.498. The van der Waals surface area contributed by atoms with Gasteiger partial charge in [-0.15, -0.1) is 0 Å². The molecule has 0 saturated carbocycles. The molecule has 0 spiro atoms. The van der Waals surface area contributed by atoms with Crippen molar-refractivity contribution in [2.24, 2.45) is 0 Å². The van der Waals surface area contributed by atoms with Crippen molar-refractivity contribution < 1.29 is 14.3 Å². The lowest BCUT2D eigenvalue weighted by atomic mass is 10.1. The standard InChI is InChI=1S/C12H14N2O3/c1-8-5-9(17-2)3-4-10(8)14-7-11(15)13-6-12(14)16/h3-5H,6-7H2,1-2H3,(H,13,15). The van der Waals surface area contributed by atoms with Gasteiger partial charge in [-0.1, -0.05) is 0 Å². The lowest BCUT2D eigenvalue weighted by Gasteiger charge is -2.28. The first kappa shape index (κ1) is 11.4. The Morgan fingerprint density at radius 3 is 2.76 bits per heavy atom. The van der Waals surface area contributed by atoms with E-state index in [1.165, 1.54) is 4.90 Å². The smallest absolute Gasteiger partial charge is 0.246 e. The van der Waals surface area contributed by atoms with E-state index in [4.69, 9.17) is 4.74 Å². The maximum atomic E-state index is 11.7. The third kappa shape index (κ3) is 2.22. The number of piperazine rings is 1. The van der Waals surface area contributed by atoms with E-state index in [-0.39, 0.29) is 24.9 Å². The summed E-state index contributed by atoms with van der Waals surface area (Å²) in [7, 11) is 1.59. The number of benzene rings is 1. The Balaban J connectivity index is 2.32. The Labute approximate surface area is 99.4 Å². The van der Waals surface area contributed by atoms with E-state index in [9.17, 15) is 9.59 Å². The molecule has 0 aromatic heterocycles. The van der Waals surface area contributed by atoms with E-state index in [2.05, 4.69) is 5.32 Å². The van der Waals surface area contributed by atoms with Gasteiger partial charge in [0.2, 0.25) is 11.8 Å². The average molecular weight is 234 g/mol. The zero-order valence-electron chi connectivity index (χ0n) is 9.82. The molecule has 1 saturated heterocycles. The maximum Gasteiger partial charge on any atom is 0.246 e. The average Bonchev–Trinajstić information content (AvgIpc) is 2.32. The van der Waals surface area contributed by atoms with Crippen LogP contribution in [0.2, 0.25) is 0 Å². The molecule has 5 heteroatoms. The van der Waals surface area contributed by atoms with Crippen molar-refractivity contribution in [3.8, 4) is 5.75 Å². The van der Waals surface area contributed by atoms with Gasteiger partial charge >= 0.3 is 0 Å². The SMILES string of the molecule is COc1ccc(N2CC(=O)NCC2=O)c(C)c1. The topological polar surface area (TPSA) is 58.6 Å². The molecule has 1 aliphatic rings. The fourth-order valence-corrected chi connectivity index (χ4v) is 1.83. The Bertz CT molecular complexity index is 471. The molecule has 1 heterocycles. The van der Waals surface area contributed by atoms with Crippen LogP contribution in [0.1, 0.15) is 5.56 Å². The van der Waals surface area contributed by atoms with Crippen LogP contribution in [0.3, 0.4) is 0 Å². The minimum absolute atomic E-state index is 0.0598. The number of anilines is 1. The maximum absolute atomic E-state index is 11.7. The third-order valence-corrected chi connectivity index (χ3v) is 2.73. The zero-order chi connectivity index (χ0) is 12.4. The molecule has 17 heavy (non-hydrogen) atoms. The largest absolute Gasteiger partial charge is 0.497 e. The minimum Gasteiger partial charge on any atom is -0.497 e. The molecule has 1 aromatic carbocycles. The van der Waals surface area contributed by atoms with Gasteiger partial charge in [0.25, 0.3) is 0 Å². The lowest BCUT2D eigenvalue weighted by Crippen LogP contribution is -2.51. The summed E-state index contributed by atoms with van der Waals surface area (Å²) in [6.07, 6.45) is 0. The molecule has 5 nitrogen and oxygen atoms in total. The van der Waals surface area contributed by atoms with Crippen LogP contribution in [0.4, 0.5) is 5.69 Å². The van der Waals surface area contributed by atoms with Gasteiger partial charge in [0.05, 0.1) is 13.7 Å². The number of amides is 2. The van der Waals surface area contributed by atoms with Gasteiger partial charge in [-0.25, -0.2) is 0 Å². The van der Waals surface area contributed by atoms with Gasteiger partial charge in [-0.2, -0.15) is 0 Å². The van der Waals surface area contributed by atoms with Crippen LogP contribution < -0.4 is 15.0 Å². The van der Waals surface area contributed by atoms with Gasteiger partial charge < -0.3 is 15.0 Å². The molecule has 0 unspecified atom stereocenters. The second kappa shape index (κ2) is 4.45. The van der Waals surface area contributed by atoms with Crippen molar-refractivity contribution in [2.75, 3.05) is 25.1 Å². The first-order chi connectivity index (χ1) is 8.11. The monoisotopic (exact) mass is 234 g/mol. The van der Waals surface area contributed by atoms with Gasteiger partial charge in [-0.3, -0.25) is 9.59 Å². The van der Waals surface area contributed by atoms with Crippen molar-refractivity contribution in [1.29, 1.82) is 0 Å². The highest BCUT2D eigenvalue weighted by molar-refractivity contribution is 6.04. The summed E-state index contributed by atoms with van der Waals surface area (Å²) in [6, 6.07) is 5.42. The summed E-state index contributed by atoms with van der Waals surface area (Å²) < 4.78 is 5.10. The van der Waals surface area contributed by atoms with Crippen molar-refractivity contribution in [1.82, 2.24) is 5.32 Å². The molecule has 2 amide bonds. The summed E-state index contributed by atoms with van der Waals surface area (Å²) >= 11 is 0. The van der Waals surface area contributed by atoms with E-state index in [1.54, 1.807) is 19.2 Å². The molecular formula is C12H14N2O3. The van der Waals surface area contributed by atoms with E-state index >= 15 is 0 Å². The number of nitrogens with one attached hydrogen (secondary N) is 1. The van der Waals surface area contributed by atoms with Crippen molar-refractivity contribution >= 4 is 17.5 Å². The zero-order valence-corrected chi connectivity index (χ0v) is 9.82. The lowest BCUT2D eigenvalue weighted by molar-refractivity contribution is -0.128. The summed E-state index contributed by atoms with van der Waals surface area (Å²) in [4.78, 5) is 24.5. The van der Waals surface area contributed by atoms with Crippen molar-refractivity contribution in [3.05, 3.63) is 23.8 Å². The van der Waals surface area contributed by atoms with Gasteiger partial charge in [0.1, 0.15) is 12.3 Å². The van der Waals surface area contributed by atoms with Crippen molar-refractivity contribution in [3.63, 3.8) is 0 Å². The number of methoxy groups -OCH3 is 1. The van der Waals surface area contributed by atoms with Crippen LogP contribution in [-0.2, 0) is 9.59 Å². The first-order valence-corrected chi connectivity index (χ1v) is 5.33. The van der Waals surface area contributed by atoms with Crippen LogP contribution in [0.15, 0.2) is 18.2 Å². The highest BCUT2D eigenvalue weighted by atomic mass is 16.5. The molecule has 1 N–H and O–H groups in total. The molecule has 2 rings (SSSR count). The van der Waals surface area contributed by atoms with E-state index in [0.717, 1.165) is 17.0 Å². The Morgan fingerprint density at radius 1 is 1.35 bits per heavy atom. The summed E-state index contributed by atoms with van der Waals surface area (Å²) in [6.45, 7) is 2.02. The van der Waals surface area contributed by atoms with Crippen LogP contribution in [0, 0.1) is 6.92 Å². The second-order valence-corrected chi connectivity index (χ2v) is 3.91. The predicted octanol–water partition coefficient (Wildman–Crippen LogP) is 0.466. The van der Waals surface area contributed by atoms with Crippen molar-refractivity contribution in [2.45, 2.75) is 6.92 Å². The number of hydrogen-bond donors (Lipinski definition) is 1. The molecule has 0 aliphatic carbocycles. The third-order valence-electron chi connectivity index (χ3n) is 2.73. The van der Waals surface area contributed by atoms with E-state index in [0.29, 0.717) is 0 Å². The summed E-state index contributed by atoms with van der Waals surface area (Å²) in [5.41, 5.74) is 1.66. The fourth-order valence-electron chi connectivity index (χ4n) is 1.83. The van der Waals surface area contributed by atoms with Crippen LogP contribution in [0.25, 0.3) is 0 Å².